The van der Waals surface area contributed by atoms with E-state index in [4.69, 9.17) is 4.74 Å². The van der Waals surface area contributed by atoms with Crippen molar-refractivity contribution in [3.8, 4) is 0 Å². The van der Waals surface area contributed by atoms with Crippen molar-refractivity contribution in [2.24, 2.45) is 4.99 Å². The zero-order chi connectivity index (χ0) is 14.6. The van der Waals surface area contributed by atoms with Gasteiger partial charge in [0.25, 0.3) is 0 Å². The summed E-state index contributed by atoms with van der Waals surface area (Å²) >= 11 is 0. The second-order valence-corrected chi connectivity index (χ2v) is 5.87. The summed E-state index contributed by atoms with van der Waals surface area (Å²) in [5.74, 6) is 0.805. The van der Waals surface area contributed by atoms with Crippen molar-refractivity contribution in [2.45, 2.75) is 20.3 Å². The molecule has 0 aromatic carbocycles. The molecule has 7 nitrogen and oxygen atoms in total. The molecule has 0 fully saturated rings. The highest BCUT2D eigenvalue weighted by molar-refractivity contribution is 14.0. The first-order chi connectivity index (χ1) is 9.05. The summed E-state index contributed by atoms with van der Waals surface area (Å²) in [5, 5.41) is 6.20. The van der Waals surface area contributed by atoms with E-state index < -0.39 is 10.0 Å². The number of rotatable bonds is 10. The summed E-state index contributed by atoms with van der Waals surface area (Å²) < 4.78 is 30.1. The van der Waals surface area contributed by atoms with Gasteiger partial charge >= 0.3 is 0 Å². The first kappa shape index (κ1) is 22.2. The lowest BCUT2D eigenvalue weighted by atomic mass is 10.4. The number of sulfonamides is 1. The summed E-state index contributed by atoms with van der Waals surface area (Å²) in [4.78, 5) is 4.05. The van der Waals surface area contributed by atoms with Crippen LogP contribution in [0.25, 0.3) is 0 Å². The molecule has 0 bridgehead atoms. The smallest absolute Gasteiger partial charge is 0.211 e. The Hall–Kier alpha value is -0.130. The number of ether oxygens (including phenoxy) is 1. The van der Waals surface area contributed by atoms with Crippen LogP contribution in [0.3, 0.4) is 0 Å². The van der Waals surface area contributed by atoms with Gasteiger partial charge in [0.1, 0.15) is 0 Å². The number of hydrogen-bond acceptors (Lipinski definition) is 4. The molecule has 122 valence electrons. The molecule has 0 radical (unpaired) electrons. The third-order valence-corrected chi connectivity index (χ3v) is 3.72. The lowest BCUT2D eigenvalue weighted by Crippen LogP contribution is -2.40. The van der Waals surface area contributed by atoms with Gasteiger partial charge in [-0.1, -0.05) is 0 Å². The number of guanidine groups is 1. The third kappa shape index (κ3) is 12.9. The van der Waals surface area contributed by atoms with Gasteiger partial charge in [-0.3, -0.25) is 4.99 Å². The maximum Gasteiger partial charge on any atom is 0.211 e. The molecule has 0 aliphatic heterocycles. The minimum atomic E-state index is -3.09. The molecule has 0 aliphatic carbocycles. The molecule has 0 aliphatic rings. The largest absolute Gasteiger partial charge is 0.380 e. The summed E-state index contributed by atoms with van der Waals surface area (Å²) in [7, 11) is -1.40. The standard InChI is InChI=1S/C11H26N4O3S.HI/c1-4-18-10-9-14-11(12-3)13-7-6-8-15-19(16,17)5-2;/h15H,4-10H2,1-3H3,(H2,12,13,14);1H. The predicted octanol–water partition coefficient (Wildman–Crippen LogP) is 0.135. The van der Waals surface area contributed by atoms with E-state index in [1.54, 1.807) is 14.0 Å². The van der Waals surface area contributed by atoms with Crippen molar-refractivity contribution >= 4 is 40.0 Å². The minimum absolute atomic E-state index is 0. The Morgan fingerprint density at radius 2 is 1.80 bits per heavy atom. The molecule has 0 saturated heterocycles. The SMILES string of the molecule is CCOCCNC(=NC)NCCCNS(=O)(=O)CC.I. The zero-order valence-electron chi connectivity index (χ0n) is 12.4. The average molecular weight is 422 g/mol. The van der Waals surface area contributed by atoms with Crippen LogP contribution in [0, 0.1) is 0 Å². The maximum atomic E-state index is 11.2. The average Bonchev–Trinajstić information content (AvgIpc) is 2.40. The van der Waals surface area contributed by atoms with Crippen LogP contribution in [-0.4, -0.2) is 60.0 Å². The van der Waals surface area contributed by atoms with E-state index in [-0.39, 0.29) is 29.7 Å². The van der Waals surface area contributed by atoms with Gasteiger partial charge in [0, 0.05) is 33.3 Å². The molecule has 0 unspecified atom stereocenters. The van der Waals surface area contributed by atoms with Crippen LogP contribution in [0.2, 0.25) is 0 Å². The number of halogens is 1. The van der Waals surface area contributed by atoms with Gasteiger partial charge in [-0.15, -0.1) is 24.0 Å². The maximum absolute atomic E-state index is 11.2. The third-order valence-electron chi connectivity index (χ3n) is 2.31. The molecule has 0 amide bonds. The van der Waals surface area contributed by atoms with Crippen LogP contribution in [-0.2, 0) is 14.8 Å². The van der Waals surface area contributed by atoms with Crippen molar-refractivity contribution < 1.29 is 13.2 Å². The molecule has 0 aromatic heterocycles. The van der Waals surface area contributed by atoms with Crippen LogP contribution >= 0.6 is 24.0 Å². The monoisotopic (exact) mass is 422 g/mol. The van der Waals surface area contributed by atoms with E-state index in [2.05, 4.69) is 20.3 Å². The Labute approximate surface area is 139 Å². The van der Waals surface area contributed by atoms with Gasteiger partial charge < -0.3 is 15.4 Å². The quantitative estimate of drug-likeness (QED) is 0.202. The fourth-order valence-electron chi connectivity index (χ4n) is 1.23. The highest BCUT2D eigenvalue weighted by Crippen LogP contribution is 1.83. The molecule has 0 aromatic rings. The van der Waals surface area contributed by atoms with Crippen molar-refractivity contribution in [3.05, 3.63) is 0 Å². The molecule has 0 heterocycles. The molecular weight excluding hydrogens is 395 g/mol. The van der Waals surface area contributed by atoms with E-state index in [9.17, 15) is 8.42 Å². The molecule has 0 spiro atoms. The predicted molar refractivity (Wildman–Crippen MR) is 93.4 cm³/mol. The first-order valence-corrected chi connectivity index (χ1v) is 8.20. The van der Waals surface area contributed by atoms with Gasteiger partial charge in [-0.05, 0) is 20.3 Å². The summed E-state index contributed by atoms with van der Waals surface area (Å²) in [6.07, 6.45) is 0.700. The second-order valence-electron chi connectivity index (χ2n) is 3.77. The fourth-order valence-corrected chi connectivity index (χ4v) is 1.89. The van der Waals surface area contributed by atoms with Gasteiger partial charge in [-0.2, -0.15) is 0 Å². The van der Waals surface area contributed by atoms with E-state index in [0.717, 1.165) is 0 Å². The molecule has 0 rings (SSSR count). The number of hydrogen-bond donors (Lipinski definition) is 3. The van der Waals surface area contributed by atoms with E-state index >= 15 is 0 Å². The zero-order valence-corrected chi connectivity index (χ0v) is 15.6. The Bertz CT molecular complexity index is 350. The molecule has 20 heavy (non-hydrogen) atoms. The summed E-state index contributed by atoms with van der Waals surface area (Å²) in [6, 6.07) is 0. The minimum Gasteiger partial charge on any atom is -0.380 e. The Kier molecular flexibility index (Phi) is 15.3. The molecular formula is C11H27IN4O3S. The van der Waals surface area contributed by atoms with Crippen molar-refractivity contribution in [2.75, 3.05) is 45.6 Å². The van der Waals surface area contributed by atoms with E-state index in [0.29, 0.717) is 45.2 Å². The Morgan fingerprint density at radius 3 is 2.35 bits per heavy atom. The highest BCUT2D eigenvalue weighted by Gasteiger charge is 2.04. The van der Waals surface area contributed by atoms with Crippen LogP contribution in [0.4, 0.5) is 0 Å². The van der Waals surface area contributed by atoms with Crippen molar-refractivity contribution in [1.82, 2.24) is 15.4 Å². The van der Waals surface area contributed by atoms with Crippen LogP contribution < -0.4 is 15.4 Å². The number of nitrogens with zero attached hydrogens (tertiary/aromatic N) is 1. The highest BCUT2D eigenvalue weighted by atomic mass is 127. The fraction of sp³-hybridized carbons (Fsp3) is 0.909. The van der Waals surface area contributed by atoms with Crippen LogP contribution in [0.1, 0.15) is 20.3 Å². The van der Waals surface area contributed by atoms with Crippen molar-refractivity contribution in [1.29, 1.82) is 0 Å². The Morgan fingerprint density at radius 1 is 1.15 bits per heavy atom. The van der Waals surface area contributed by atoms with Crippen LogP contribution in [0.15, 0.2) is 4.99 Å². The molecule has 0 atom stereocenters. The number of aliphatic imine (C=N–C) groups is 1. The van der Waals surface area contributed by atoms with Gasteiger partial charge in [0.15, 0.2) is 5.96 Å². The lowest BCUT2D eigenvalue weighted by molar-refractivity contribution is 0.152. The number of nitrogens with one attached hydrogen (secondary N) is 3. The topological polar surface area (TPSA) is 91.8 Å². The second kappa shape index (κ2) is 13.8. The van der Waals surface area contributed by atoms with Crippen LogP contribution in [0.5, 0.6) is 0 Å². The summed E-state index contributed by atoms with van der Waals surface area (Å²) in [6.45, 7) is 6.67. The van der Waals surface area contributed by atoms with Gasteiger partial charge in [0.2, 0.25) is 10.0 Å². The molecule has 9 heteroatoms. The van der Waals surface area contributed by atoms with Gasteiger partial charge in [0.05, 0.1) is 12.4 Å². The molecule has 0 saturated carbocycles. The van der Waals surface area contributed by atoms with E-state index in [1.165, 1.54) is 0 Å². The first-order valence-electron chi connectivity index (χ1n) is 6.55. The Balaban J connectivity index is 0. The molecule has 3 N–H and O–H groups in total. The van der Waals surface area contributed by atoms with Crippen molar-refractivity contribution in [3.63, 3.8) is 0 Å². The normalized spacial score (nSPS) is 11.8. The lowest BCUT2D eigenvalue weighted by Gasteiger charge is -2.11. The van der Waals surface area contributed by atoms with Gasteiger partial charge in [-0.25, -0.2) is 13.1 Å². The van der Waals surface area contributed by atoms with E-state index in [1.807, 2.05) is 6.92 Å². The summed E-state index contributed by atoms with van der Waals surface area (Å²) in [5.41, 5.74) is 0.